The molecule has 2 atom stereocenters. The third-order valence-corrected chi connectivity index (χ3v) is 3.23. The molecule has 0 radical (unpaired) electrons. The maximum atomic E-state index is 5.96. The first kappa shape index (κ1) is 12.8. The summed E-state index contributed by atoms with van der Waals surface area (Å²) >= 11 is 5.96. The van der Waals surface area contributed by atoms with Gasteiger partial charge in [0.1, 0.15) is 0 Å². The second kappa shape index (κ2) is 6.36. The molecule has 17 heavy (non-hydrogen) atoms. The average molecular weight is 256 g/mol. The fourth-order valence-corrected chi connectivity index (χ4v) is 2.17. The van der Waals surface area contributed by atoms with Crippen molar-refractivity contribution in [3.63, 3.8) is 0 Å². The van der Waals surface area contributed by atoms with Crippen molar-refractivity contribution in [3.05, 3.63) is 34.9 Å². The van der Waals surface area contributed by atoms with Crippen LogP contribution in [0.5, 0.6) is 0 Å². The zero-order chi connectivity index (χ0) is 12.1. The van der Waals surface area contributed by atoms with E-state index >= 15 is 0 Å². The number of nitrogens with two attached hydrogens (primary N) is 1. The molecular weight excluding hydrogens is 238 g/mol. The van der Waals surface area contributed by atoms with E-state index < -0.39 is 0 Å². The lowest BCUT2D eigenvalue weighted by atomic mass is 10.1. The number of ether oxygens (including phenoxy) is 2. The molecule has 2 N–H and O–H groups in total. The monoisotopic (exact) mass is 255 g/mol. The molecule has 0 bridgehead atoms. The third kappa shape index (κ3) is 3.68. The molecule has 2 unspecified atom stereocenters. The SMILES string of the molecule is NCC(OCC1CCOC1)c1cccc(Cl)c1. The van der Waals surface area contributed by atoms with Crippen molar-refractivity contribution in [3.8, 4) is 0 Å². The smallest absolute Gasteiger partial charge is 0.0947 e. The van der Waals surface area contributed by atoms with Gasteiger partial charge >= 0.3 is 0 Å². The Balaban J connectivity index is 1.91. The largest absolute Gasteiger partial charge is 0.381 e. The van der Waals surface area contributed by atoms with Crippen molar-refractivity contribution in [1.82, 2.24) is 0 Å². The normalized spacial score (nSPS) is 21.6. The highest BCUT2D eigenvalue weighted by Crippen LogP contribution is 2.22. The van der Waals surface area contributed by atoms with E-state index in [2.05, 4.69) is 0 Å². The van der Waals surface area contributed by atoms with Gasteiger partial charge in [-0.25, -0.2) is 0 Å². The number of halogens is 1. The van der Waals surface area contributed by atoms with Crippen molar-refractivity contribution in [2.75, 3.05) is 26.4 Å². The zero-order valence-corrected chi connectivity index (χ0v) is 10.5. The van der Waals surface area contributed by atoms with Crippen molar-refractivity contribution in [2.24, 2.45) is 11.7 Å². The summed E-state index contributed by atoms with van der Waals surface area (Å²) in [5.41, 5.74) is 6.78. The summed E-state index contributed by atoms with van der Waals surface area (Å²) in [6.07, 6.45) is 1.00. The second-order valence-electron chi connectivity index (χ2n) is 4.34. The summed E-state index contributed by atoms with van der Waals surface area (Å²) in [6.45, 7) is 2.81. The Morgan fingerprint density at radius 3 is 3.06 bits per heavy atom. The highest BCUT2D eigenvalue weighted by molar-refractivity contribution is 6.30. The van der Waals surface area contributed by atoms with Gasteiger partial charge in [-0.15, -0.1) is 0 Å². The summed E-state index contributed by atoms with van der Waals surface area (Å²) in [5.74, 6) is 0.503. The first-order valence-electron chi connectivity index (χ1n) is 5.94. The van der Waals surface area contributed by atoms with Gasteiger partial charge in [-0.1, -0.05) is 23.7 Å². The van der Waals surface area contributed by atoms with Gasteiger partial charge in [0, 0.05) is 24.1 Å². The van der Waals surface area contributed by atoms with Crippen molar-refractivity contribution < 1.29 is 9.47 Å². The molecule has 1 aliphatic heterocycles. The Kier molecular flexibility index (Phi) is 4.80. The first-order valence-corrected chi connectivity index (χ1v) is 6.32. The number of rotatable bonds is 5. The zero-order valence-electron chi connectivity index (χ0n) is 9.77. The van der Waals surface area contributed by atoms with E-state index in [1.165, 1.54) is 0 Å². The van der Waals surface area contributed by atoms with Crippen molar-refractivity contribution in [1.29, 1.82) is 0 Å². The van der Waals surface area contributed by atoms with E-state index in [1.54, 1.807) is 0 Å². The van der Waals surface area contributed by atoms with Crippen molar-refractivity contribution >= 4 is 11.6 Å². The fourth-order valence-electron chi connectivity index (χ4n) is 1.97. The van der Waals surface area contributed by atoms with Crippen LogP contribution in [0, 0.1) is 5.92 Å². The molecule has 4 heteroatoms. The summed E-state index contributed by atoms with van der Waals surface area (Å²) in [5, 5.41) is 0.716. The highest BCUT2D eigenvalue weighted by Gasteiger charge is 2.18. The van der Waals surface area contributed by atoms with Gasteiger partial charge in [-0.3, -0.25) is 0 Å². The maximum absolute atomic E-state index is 5.96. The Morgan fingerprint density at radius 2 is 2.41 bits per heavy atom. The Labute approximate surface area is 107 Å². The Bertz CT molecular complexity index is 353. The van der Waals surface area contributed by atoms with Gasteiger partial charge in [0.05, 0.1) is 19.3 Å². The van der Waals surface area contributed by atoms with E-state index in [1.807, 2.05) is 24.3 Å². The third-order valence-electron chi connectivity index (χ3n) is 2.99. The second-order valence-corrected chi connectivity index (χ2v) is 4.78. The highest BCUT2D eigenvalue weighted by atomic mass is 35.5. The van der Waals surface area contributed by atoms with E-state index in [0.29, 0.717) is 24.1 Å². The van der Waals surface area contributed by atoms with Gasteiger partial charge in [0.25, 0.3) is 0 Å². The number of hydrogen-bond acceptors (Lipinski definition) is 3. The summed E-state index contributed by atoms with van der Waals surface area (Å²) < 4.78 is 11.2. The van der Waals surface area contributed by atoms with Gasteiger partial charge in [0.2, 0.25) is 0 Å². The van der Waals surface area contributed by atoms with Crippen molar-refractivity contribution in [2.45, 2.75) is 12.5 Å². The molecule has 2 rings (SSSR count). The predicted octanol–water partition coefficient (Wildman–Crippen LogP) is 2.39. The molecule has 94 valence electrons. The lowest BCUT2D eigenvalue weighted by Gasteiger charge is -2.18. The van der Waals surface area contributed by atoms with E-state index in [-0.39, 0.29) is 6.10 Å². The minimum absolute atomic E-state index is 0.0747. The molecule has 1 fully saturated rings. The van der Waals surface area contributed by atoms with Crippen LogP contribution in [0.1, 0.15) is 18.1 Å². The van der Waals surface area contributed by atoms with Gasteiger partial charge < -0.3 is 15.2 Å². The van der Waals surface area contributed by atoms with Crippen LogP contribution >= 0.6 is 11.6 Å². The molecule has 1 heterocycles. The molecule has 3 nitrogen and oxygen atoms in total. The van der Waals surface area contributed by atoms with Crippen LogP contribution < -0.4 is 5.73 Å². The predicted molar refractivity (Wildman–Crippen MR) is 68.1 cm³/mol. The van der Waals surface area contributed by atoms with Gasteiger partial charge in [0.15, 0.2) is 0 Å². The first-order chi connectivity index (χ1) is 8.29. The Morgan fingerprint density at radius 1 is 1.53 bits per heavy atom. The number of benzene rings is 1. The molecule has 1 aliphatic rings. The molecule has 1 aromatic carbocycles. The number of hydrogen-bond donors (Lipinski definition) is 1. The standard InChI is InChI=1S/C13H18ClNO2/c14-12-3-1-2-11(6-12)13(7-15)17-9-10-4-5-16-8-10/h1-3,6,10,13H,4-5,7-9,15H2. The van der Waals surface area contributed by atoms with E-state index in [0.717, 1.165) is 25.2 Å². The van der Waals surface area contributed by atoms with Crippen LogP contribution in [-0.2, 0) is 9.47 Å². The molecule has 0 aliphatic carbocycles. The quantitative estimate of drug-likeness (QED) is 0.879. The Hall–Kier alpha value is -0.610. The van der Waals surface area contributed by atoms with Crippen LogP contribution in [0.15, 0.2) is 24.3 Å². The average Bonchev–Trinajstić information content (AvgIpc) is 2.83. The molecule has 0 amide bonds. The summed E-state index contributed by atoms with van der Waals surface area (Å²) in [4.78, 5) is 0. The van der Waals surface area contributed by atoms with Crippen LogP contribution in [0.2, 0.25) is 5.02 Å². The lowest BCUT2D eigenvalue weighted by Crippen LogP contribution is -2.19. The summed E-state index contributed by atoms with van der Waals surface area (Å²) in [6, 6.07) is 7.67. The van der Waals surface area contributed by atoms with Crippen LogP contribution in [0.3, 0.4) is 0 Å². The molecular formula is C13H18ClNO2. The minimum atomic E-state index is -0.0747. The van der Waals surface area contributed by atoms with E-state index in [4.69, 9.17) is 26.8 Å². The summed E-state index contributed by atoms with van der Waals surface area (Å²) in [7, 11) is 0. The van der Waals surface area contributed by atoms with Crippen LogP contribution in [-0.4, -0.2) is 26.4 Å². The molecule has 0 spiro atoms. The van der Waals surface area contributed by atoms with Gasteiger partial charge in [-0.05, 0) is 24.1 Å². The molecule has 1 aromatic rings. The van der Waals surface area contributed by atoms with Crippen LogP contribution in [0.4, 0.5) is 0 Å². The van der Waals surface area contributed by atoms with Crippen LogP contribution in [0.25, 0.3) is 0 Å². The topological polar surface area (TPSA) is 44.5 Å². The van der Waals surface area contributed by atoms with E-state index in [9.17, 15) is 0 Å². The maximum Gasteiger partial charge on any atom is 0.0947 e. The van der Waals surface area contributed by atoms with Gasteiger partial charge in [-0.2, -0.15) is 0 Å². The molecule has 0 saturated carbocycles. The molecule has 1 saturated heterocycles. The fraction of sp³-hybridized carbons (Fsp3) is 0.538. The lowest BCUT2D eigenvalue weighted by molar-refractivity contribution is 0.0302. The molecule has 0 aromatic heterocycles. The minimum Gasteiger partial charge on any atom is -0.381 e.